The number of carbonyl (C=O) groups excluding carboxylic acids is 1. The van der Waals surface area contributed by atoms with Crippen LogP contribution < -0.4 is 4.74 Å². The van der Waals surface area contributed by atoms with Gasteiger partial charge in [0.05, 0.1) is 6.61 Å². The monoisotopic (exact) mass is 260 g/mol. The van der Waals surface area contributed by atoms with E-state index in [-0.39, 0.29) is 6.61 Å². The Morgan fingerprint density at radius 2 is 2.22 bits per heavy atom. The highest BCUT2D eigenvalue weighted by molar-refractivity contribution is 5.93. The van der Waals surface area contributed by atoms with E-state index in [0.29, 0.717) is 0 Å². The molecule has 0 unspecified atom stereocenters. The second-order valence-corrected chi connectivity index (χ2v) is 2.92. The number of hydrogen-bond acceptors (Lipinski definition) is 5. The molecule has 0 N–H and O–H groups in total. The number of esters is 1. The van der Waals surface area contributed by atoms with Crippen molar-refractivity contribution in [3.63, 3.8) is 0 Å². The minimum absolute atomic E-state index is 0.0193. The van der Waals surface area contributed by atoms with Gasteiger partial charge in [-0.2, -0.15) is 5.26 Å². The molecule has 8 heteroatoms. The van der Waals surface area contributed by atoms with Crippen LogP contribution in [0, 0.1) is 11.3 Å². The molecule has 0 aromatic carbocycles. The van der Waals surface area contributed by atoms with E-state index in [1.165, 1.54) is 13.0 Å². The standard InChI is InChI=1S/C10H7F3N2O3/c1-2-17-9(16)6-3-4-15-7(5-14)8(6)18-10(11,12)13/h3-4H,2H2,1H3. The van der Waals surface area contributed by atoms with Gasteiger partial charge < -0.3 is 9.47 Å². The van der Waals surface area contributed by atoms with Gasteiger partial charge in [-0.1, -0.05) is 0 Å². The van der Waals surface area contributed by atoms with Gasteiger partial charge in [-0.25, -0.2) is 9.78 Å². The Bertz CT molecular complexity index is 494. The zero-order chi connectivity index (χ0) is 13.8. The van der Waals surface area contributed by atoms with Crippen LogP contribution in [0.3, 0.4) is 0 Å². The number of halogens is 3. The van der Waals surface area contributed by atoms with Crippen LogP contribution in [-0.2, 0) is 4.74 Å². The molecule has 0 saturated carbocycles. The fourth-order valence-corrected chi connectivity index (χ4v) is 1.12. The SMILES string of the molecule is CCOC(=O)c1ccnc(C#N)c1OC(F)(F)F. The molecule has 0 aliphatic rings. The topological polar surface area (TPSA) is 72.2 Å². The smallest absolute Gasteiger partial charge is 0.462 e. The molecule has 0 atom stereocenters. The summed E-state index contributed by atoms with van der Waals surface area (Å²) in [6, 6.07) is 2.40. The maximum Gasteiger partial charge on any atom is 0.573 e. The number of alkyl halides is 3. The quantitative estimate of drug-likeness (QED) is 0.777. The first-order valence-corrected chi connectivity index (χ1v) is 4.71. The minimum atomic E-state index is -5.03. The molecule has 96 valence electrons. The van der Waals surface area contributed by atoms with Crippen LogP contribution in [0.1, 0.15) is 23.0 Å². The van der Waals surface area contributed by atoms with Gasteiger partial charge in [0.25, 0.3) is 0 Å². The van der Waals surface area contributed by atoms with Gasteiger partial charge in [0.1, 0.15) is 11.6 Å². The van der Waals surface area contributed by atoms with Gasteiger partial charge in [-0.05, 0) is 13.0 Å². The molecule has 0 radical (unpaired) electrons. The van der Waals surface area contributed by atoms with E-state index in [2.05, 4.69) is 14.5 Å². The number of pyridine rings is 1. The Labute approximate surface area is 99.8 Å². The Morgan fingerprint density at radius 3 is 2.72 bits per heavy atom. The van der Waals surface area contributed by atoms with Crippen LogP contribution >= 0.6 is 0 Å². The van der Waals surface area contributed by atoms with Crippen molar-refractivity contribution >= 4 is 5.97 Å². The third kappa shape index (κ3) is 3.35. The number of ether oxygens (including phenoxy) is 2. The maximum absolute atomic E-state index is 12.2. The lowest BCUT2D eigenvalue weighted by molar-refractivity contribution is -0.274. The second-order valence-electron chi connectivity index (χ2n) is 2.92. The molecule has 0 spiro atoms. The first-order valence-electron chi connectivity index (χ1n) is 4.71. The normalized spacial score (nSPS) is 10.6. The summed E-state index contributed by atoms with van der Waals surface area (Å²) in [6.45, 7) is 1.48. The highest BCUT2D eigenvalue weighted by atomic mass is 19.4. The van der Waals surface area contributed by atoms with Gasteiger partial charge in [-0.3, -0.25) is 0 Å². The van der Waals surface area contributed by atoms with E-state index < -0.39 is 29.3 Å². The summed E-state index contributed by atoms with van der Waals surface area (Å²) in [4.78, 5) is 14.8. The summed E-state index contributed by atoms with van der Waals surface area (Å²) in [5.74, 6) is -1.97. The lowest BCUT2D eigenvalue weighted by Crippen LogP contribution is -2.21. The first-order chi connectivity index (χ1) is 8.39. The van der Waals surface area contributed by atoms with Crippen LogP contribution in [0.2, 0.25) is 0 Å². The molecule has 1 rings (SSSR count). The molecule has 0 fully saturated rings. The molecule has 0 bridgehead atoms. The third-order valence-corrected chi connectivity index (χ3v) is 1.72. The summed E-state index contributed by atoms with van der Waals surface area (Å²) in [5.41, 5.74) is -1.14. The third-order valence-electron chi connectivity index (χ3n) is 1.72. The van der Waals surface area contributed by atoms with Crippen molar-refractivity contribution in [1.29, 1.82) is 5.26 Å². The van der Waals surface area contributed by atoms with Crippen molar-refractivity contribution in [3.05, 3.63) is 23.5 Å². The van der Waals surface area contributed by atoms with Crippen molar-refractivity contribution in [2.45, 2.75) is 13.3 Å². The fraction of sp³-hybridized carbons (Fsp3) is 0.300. The summed E-state index contributed by atoms with van der Waals surface area (Å²) < 4.78 is 44.7. The Hall–Kier alpha value is -2.30. The highest BCUT2D eigenvalue weighted by Crippen LogP contribution is 2.29. The van der Waals surface area contributed by atoms with Gasteiger partial charge >= 0.3 is 12.3 Å². The molecular weight excluding hydrogens is 253 g/mol. The van der Waals surface area contributed by atoms with Crippen LogP contribution in [-0.4, -0.2) is 23.9 Å². The fourth-order valence-electron chi connectivity index (χ4n) is 1.12. The number of hydrogen-bond donors (Lipinski definition) is 0. The Morgan fingerprint density at radius 1 is 1.56 bits per heavy atom. The summed E-state index contributed by atoms with van der Waals surface area (Å²) in [5, 5.41) is 8.64. The number of aromatic nitrogens is 1. The largest absolute Gasteiger partial charge is 0.573 e. The molecule has 0 aliphatic carbocycles. The van der Waals surface area contributed by atoms with Crippen molar-refractivity contribution < 1.29 is 27.4 Å². The van der Waals surface area contributed by atoms with Crippen molar-refractivity contribution in [2.75, 3.05) is 6.61 Å². The van der Waals surface area contributed by atoms with E-state index in [1.807, 2.05) is 0 Å². The average Bonchev–Trinajstić information content (AvgIpc) is 2.27. The average molecular weight is 260 g/mol. The molecule has 1 aromatic heterocycles. The second kappa shape index (κ2) is 5.35. The van der Waals surface area contributed by atoms with Crippen LogP contribution in [0.5, 0.6) is 5.75 Å². The van der Waals surface area contributed by atoms with Crippen LogP contribution in [0.25, 0.3) is 0 Å². The van der Waals surface area contributed by atoms with E-state index in [4.69, 9.17) is 5.26 Å². The first kappa shape index (κ1) is 13.8. The van der Waals surface area contributed by atoms with Crippen LogP contribution in [0.4, 0.5) is 13.2 Å². The van der Waals surface area contributed by atoms with Crippen molar-refractivity contribution in [3.8, 4) is 11.8 Å². The van der Waals surface area contributed by atoms with Crippen molar-refractivity contribution in [2.24, 2.45) is 0 Å². The van der Waals surface area contributed by atoms with E-state index in [0.717, 1.165) is 12.3 Å². The lowest BCUT2D eigenvalue weighted by Gasteiger charge is -2.12. The predicted octanol–water partition coefficient (Wildman–Crippen LogP) is 2.03. The molecular formula is C10H7F3N2O3. The van der Waals surface area contributed by atoms with Crippen molar-refractivity contribution in [1.82, 2.24) is 4.98 Å². The predicted molar refractivity (Wildman–Crippen MR) is 51.6 cm³/mol. The number of carbonyl (C=O) groups is 1. The molecule has 18 heavy (non-hydrogen) atoms. The molecule has 1 heterocycles. The molecule has 1 aromatic rings. The molecule has 0 aliphatic heterocycles. The van der Waals surface area contributed by atoms with Gasteiger partial charge in [0, 0.05) is 6.20 Å². The van der Waals surface area contributed by atoms with Gasteiger partial charge in [-0.15, -0.1) is 13.2 Å². The Kier molecular flexibility index (Phi) is 4.09. The maximum atomic E-state index is 12.2. The highest BCUT2D eigenvalue weighted by Gasteiger charge is 2.35. The summed E-state index contributed by atoms with van der Waals surface area (Å²) in [7, 11) is 0. The molecule has 0 saturated heterocycles. The van der Waals surface area contributed by atoms with Gasteiger partial charge in [0.15, 0.2) is 11.4 Å². The number of rotatable bonds is 3. The number of nitrogens with zero attached hydrogens (tertiary/aromatic N) is 2. The number of nitriles is 1. The summed E-state index contributed by atoms with van der Waals surface area (Å²) >= 11 is 0. The van der Waals surface area contributed by atoms with E-state index in [9.17, 15) is 18.0 Å². The zero-order valence-electron chi connectivity index (χ0n) is 9.11. The van der Waals surface area contributed by atoms with E-state index in [1.54, 1.807) is 0 Å². The molecule has 0 amide bonds. The van der Waals surface area contributed by atoms with Gasteiger partial charge in [0.2, 0.25) is 0 Å². The lowest BCUT2D eigenvalue weighted by atomic mass is 10.2. The minimum Gasteiger partial charge on any atom is -0.462 e. The zero-order valence-corrected chi connectivity index (χ0v) is 9.11. The summed E-state index contributed by atoms with van der Waals surface area (Å²) in [6.07, 6.45) is -4.01. The van der Waals surface area contributed by atoms with Crippen LogP contribution in [0.15, 0.2) is 12.3 Å². The molecule has 5 nitrogen and oxygen atoms in total. The Balaban J connectivity index is 3.26. The van der Waals surface area contributed by atoms with E-state index >= 15 is 0 Å².